The number of fused-ring (bicyclic) bond motifs is 2. The summed E-state index contributed by atoms with van der Waals surface area (Å²) in [6, 6.07) is 15.1. The zero-order valence-corrected chi connectivity index (χ0v) is 20.5. The van der Waals surface area contributed by atoms with Crippen LogP contribution in [0.15, 0.2) is 54.6 Å². The number of nitrogens with zero attached hydrogens (tertiary/aromatic N) is 1. The van der Waals surface area contributed by atoms with Gasteiger partial charge in [-0.1, -0.05) is 6.07 Å². The molecule has 2 heterocycles. The molecule has 9 heteroatoms. The smallest absolute Gasteiger partial charge is 0.341 e. The third kappa shape index (κ3) is 4.84. The standard InChI is InChI=1S/C27H24FNO6S/c1-32-22-6-3-15(10-20(22)27(31)33-2)9-16-13-35-23-7-5-18(12-19(23)26(16)30)34-14-25-29-21-11-17(28)4-8-24(21)36-25/h3-8,10-12,16,26,30H,9,13-14H2,1-2H3. The summed E-state index contributed by atoms with van der Waals surface area (Å²) in [5.41, 5.74) is 2.42. The van der Waals surface area contributed by atoms with Gasteiger partial charge in [0.15, 0.2) is 0 Å². The van der Waals surface area contributed by atoms with Crippen molar-refractivity contribution in [2.75, 3.05) is 20.8 Å². The van der Waals surface area contributed by atoms with Crippen molar-refractivity contribution in [3.8, 4) is 17.2 Å². The molecule has 0 aliphatic carbocycles. The van der Waals surface area contributed by atoms with Gasteiger partial charge in [0.25, 0.3) is 0 Å². The molecule has 186 valence electrons. The normalized spacial score (nSPS) is 16.8. The van der Waals surface area contributed by atoms with Crippen molar-refractivity contribution in [3.05, 3.63) is 82.1 Å². The fourth-order valence-electron chi connectivity index (χ4n) is 4.30. The van der Waals surface area contributed by atoms with Crippen molar-refractivity contribution in [1.29, 1.82) is 0 Å². The first-order valence-electron chi connectivity index (χ1n) is 11.3. The molecular formula is C27H24FNO6S. The van der Waals surface area contributed by atoms with Crippen LogP contribution >= 0.6 is 11.3 Å². The zero-order valence-electron chi connectivity index (χ0n) is 19.7. The number of methoxy groups -OCH3 is 2. The summed E-state index contributed by atoms with van der Waals surface area (Å²) in [5, 5.41) is 11.9. The van der Waals surface area contributed by atoms with Gasteiger partial charge >= 0.3 is 5.97 Å². The van der Waals surface area contributed by atoms with E-state index in [1.165, 1.54) is 37.7 Å². The van der Waals surface area contributed by atoms with Gasteiger partial charge in [-0.15, -0.1) is 11.3 Å². The summed E-state index contributed by atoms with van der Waals surface area (Å²) in [4.78, 5) is 16.5. The van der Waals surface area contributed by atoms with Crippen LogP contribution in [0.1, 0.15) is 32.6 Å². The van der Waals surface area contributed by atoms with E-state index >= 15 is 0 Å². The second-order valence-electron chi connectivity index (χ2n) is 8.45. The first-order valence-corrected chi connectivity index (χ1v) is 12.1. The van der Waals surface area contributed by atoms with Crippen LogP contribution in [0.3, 0.4) is 0 Å². The number of thiazole rings is 1. The Morgan fingerprint density at radius 1 is 1.17 bits per heavy atom. The maximum absolute atomic E-state index is 13.4. The van der Waals surface area contributed by atoms with Gasteiger partial charge < -0.3 is 24.1 Å². The van der Waals surface area contributed by atoms with Crippen molar-refractivity contribution >= 4 is 27.5 Å². The monoisotopic (exact) mass is 509 g/mol. The highest BCUT2D eigenvalue weighted by molar-refractivity contribution is 7.18. The average Bonchev–Trinajstić information content (AvgIpc) is 3.30. The number of aliphatic hydroxyl groups excluding tert-OH is 1. The fraction of sp³-hybridized carbons (Fsp3) is 0.259. The van der Waals surface area contributed by atoms with Gasteiger partial charge in [0.2, 0.25) is 0 Å². The van der Waals surface area contributed by atoms with Crippen LogP contribution in [-0.2, 0) is 17.8 Å². The van der Waals surface area contributed by atoms with Crippen LogP contribution < -0.4 is 14.2 Å². The molecule has 3 aromatic carbocycles. The molecule has 0 saturated carbocycles. The fourth-order valence-corrected chi connectivity index (χ4v) is 5.16. The van der Waals surface area contributed by atoms with E-state index < -0.39 is 12.1 Å². The van der Waals surface area contributed by atoms with Crippen LogP contribution in [0.25, 0.3) is 10.2 Å². The van der Waals surface area contributed by atoms with E-state index in [1.54, 1.807) is 36.4 Å². The minimum atomic E-state index is -0.786. The first-order chi connectivity index (χ1) is 17.4. The minimum absolute atomic E-state index is 0.224. The van der Waals surface area contributed by atoms with Gasteiger partial charge in [0.1, 0.15) is 40.2 Å². The number of ether oxygens (including phenoxy) is 4. The van der Waals surface area contributed by atoms with E-state index in [2.05, 4.69) is 4.98 Å². The largest absolute Gasteiger partial charge is 0.496 e. The lowest BCUT2D eigenvalue weighted by molar-refractivity contribution is 0.0504. The Morgan fingerprint density at radius 3 is 2.83 bits per heavy atom. The number of halogens is 1. The summed E-state index contributed by atoms with van der Waals surface area (Å²) in [5.74, 6) is 0.558. The Kier molecular flexibility index (Phi) is 6.75. The Bertz CT molecular complexity index is 1420. The van der Waals surface area contributed by atoms with Crippen molar-refractivity contribution in [3.63, 3.8) is 0 Å². The molecule has 0 spiro atoms. The summed E-state index contributed by atoms with van der Waals surface area (Å²) in [6.45, 7) is 0.554. The third-order valence-electron chi connectivity index (χ3n) is 6.12. The predicted octanol–water partition coefficient (Wildman–Crippen LogP) is 5.09. The number of benzene rings is 3. The van der Waals surface area contributed by atoms with E-state index in [1.807, 2.05) is 6.07 Å². The lowest BCUT2D eigenvalue weighted by Gasteiger charge is -2.30. The first kappa shape index (κ1) is 24.0. The van der Waals surface area contributed by atoms with Crippen molar-refractivity contribution in [1.82, 2.24) is 4.98 Å². The van der Waals surface area contributed by atoms with Gasteiger partial charge in [0, 0.05) is 17.5 Å². The molecule has 4 aromatic rings. The Hall–Kier alpha value is -3.69. The quantitative estimate of drug-likeness (QED) is 0.347. The second kappa shape index (κ2) is 10.1. The molecule has 1 aliphatic rings. The topological polar surface area (TPSA) is 87.1 Å². The average molecular weight is 510 g/mol. The van der Waals surface area contributed by atoms with Gasteiger partial charge in [-0.25, -0.2) is 14.2 Å². The molecule has 0 bridgehead atoms. The van der Waals surface area contributed by atoms with Gasteiger partial charge in [0.05, 0.1) is 37.1 Å². The molecule has 1 N–H and O–H groups in total. The minimum Gasteiger partial charge on any atom is -0.496 e. The van der Waals surface area contributed by atoms with E-state index in [-0.39, 0.29) is 18.3 Å². The van der Waals surface area contributed by atoms with Gasteiger partial charge in [-0.3, -0.25) is 0 Å². The molecule has 7 nitrogen and oxygen atoms in total. The number of aliphatic hydroxyl groups is 1. The van der Waals surface area contributed by atoms with Crippen molar-refractivity contribution in [2.24, 2.45) is 5.92 Å². The Labute approximate surface area is 211 Å². The van der Waals surface area contributed by atoms with E-state index in [4.69, 9.17) is 18.9 Å². The Morgan fingerprint density at radius 2 is 2.03 bits per heavy atom. The van der Waals surface area contributed by atoms with Crippen LogP contribution in [-0.4, -0.2) is 36.9 Å². The van der Waals surface area contributed by atoms with Crippen molar-refractivity contribution in [2.45, 2.75) is 19.1 Å². The van der Waals surface area contributed by atoms with E-state index in [0.29, 0.717) is 46.9 Å². The van der Waals surface area contributed by atoms with Gasteiger partial charge in [-0.05, 0) is 54.4 Å². The molecule has 0 radical (unpaired) electrons. The molecule has 2 unspecified atom stereocenters. The maximum atomic E-state index is 13.4. The highest BCUT2D eigenvalue weighted by Gasteiger charge is 2.30. The predicted molar refractivity (Wildman–Crippen MR) is 132 cm³/mol. The summed E-state index contributed by atoms with van der Waals surface area (Å²) in [6.07, 6.45) is -0.298. The van der Waals surface area contributed by atoms with E-state index in [9.17, 15) is 14.3 Å². The number of aromatic nitrogens is 1. The number of hydrogen-bond donors (Lipinski definition) is 1. The Balaban J connectivity index is 1.30. The lowest BCUT2D eigenvalue weighted by Crippen LogP contribution is -2.27. The van der Waals surface area contributed by atoms with Crippen LogP contribution in [0.2, 0.25) is 0 Å². The highest BCUT2D eigenvalue weighted by atomic mass is 32.1. The second-order valence-corrected chi connectivity index (χ2v) is 9.57. The number of esters is 1. The van der Waals surface area contributed by atoms with Crippen LogP contribution in [0.4, 0.5) is 4.39 Å². The summed E-state index contributed by atoms with van der Waals surface area (Å²) >= 11 is 1.44. The molecule has 36 heavy (non-hydrogen) atoms. The zero-order chi connectivity index (χ0) is 25.2. The number of carbonyl (C=O) groups is 1. The molecule has 0 fully saturated rings. The van der Waals surface area contributed by atoms with Crippen molar-refractivity contribution < 1.29 is 33.2 Å². The molecular weight excluding hydrogens is 485 g/mol. The molecule has 0 amide bonds. The molecule has 2 atom stereocenters. The third-order valence-corrected chi connectivity index (χ3v) is 7.13. The molecule has 1 aromatic heterocycles. The molecule has 5 rings (SSSR count). The maximum Gasteiger partial charge on any atom is 0.341 e. The van der Waals surface area contributed by atoms with Crippen LogP contribution in [0.5, 0.6) is 17.2 Å². The summed E-state index contributed by atoms with van der Waals surface area (Å²) < 4.78 is 36.3. The lowest BCUT2D eigenvalue weighted by atomic mass is 9.87. The van der Waals surface area contributed by atoms with Crippen LogP contribution in [0, 0.1) is 11.7 Å². The number of rotatable bonds is 7. The highest BCUT2D eigenvalue weighted by Crippen LogP contribution is 2.39. The SMILES string of the molecule is COC(=O)c1cc(CC2COc3ccc(OCc4nc5cc(F)ccc5s4)cc3C2O)ccc1OC. The molecule has 1 aliphatic heterocycles. The molecule has 0 saturated heterocycles. The number of carbonyl (C=O) groups excluding carboxylic acids is 1. The number of hydrogen-bond acceptors (Lipinski definition) is 8. The summed E-state index contributed by atoms with van der Waals surface area (Å²) in [7, 11) is 2.81. The van der Waals surface area contributed by atoms with Gasteiger partial charge in [-0.2, -0.15) is 0 Å². The van der Waals surface area contributed by atoms with E-state index in [0.717, 1.165) is 15.3 Å².